The Balaban J connectivity index is 1.99. The van der Waals surface area contributed by atoms with Gasteiger partial charge in [0.15, 0.2) is 0 Å². The number of nitrogens with zero attached hydrogens (tertiary/aromatic N) is 1. The Bertz CT molecular complexity index is 403. The van der Waals surface area contributed by atoms with Crippen molar-refractivity contribution in [2.75, 3.05) is 40.9 Å². The summed E-state index contributed by atoms with van der Waals surface area (Å²) in [6.45, 7) is 4.30. The predicted molar refractivity (Wildman–Crippen MR) is 76.9 cm³/mol. The van der Waals surface area contributed by atoms with E-state index in [2.05, 4.69) is 23.3 Å². The third-order valence-electron chi connectivity index (χ3n) is 3.66. The number of hydrogen-bond donors (Lipinski definition) is 1. The van der Waals surface area contributed by atoms with Gasteiger partial charge >= 0.3 is 0 Å². The Kier molecular flexibility index (Phi) is 5.05. The zero-order valence-corrected chi connectivity index (χ0v) is 12.1. The standard InChI is InChI=1S/C15H24N2O2/c1-17(10-12-6-7-16-9-12)11-13-8-14(18-2)4-5-15(13)19-3/h4-5,8,12,16H,6-7,9-11H2,1-3H3. The van der Waals surface area contributed by atoms with Crippen LogP contribution >= 0.6 is 0 Å². The van der Waals surface area contributed by atoms with Gasteiger partial charge < -0.3 is 19.7 Å². The SMILES string of the molecule is COc1ccc(OC)c(CN(C)CC2CCNC2)c1. The number of methoxy groups -OCH3 is 2. The van der Waals surface area contributed by atoms with Crippen molar-refractivity contribution in [3.05, 3.63) is 23.8 Å². The lowest BCUT2D eigenvalue weighted by molar-refractivity contribution is 0.273. The zero-order chi connectivity index (χ0) is 13.7. The molecular formula is C15H24N2O2. The van der Waals surface area contributed by atoms with Gasteiger partial charge in [-0.05, 0) is 50.7 Å². The molecule has 4 nitrogen and oxygen atoms in total. The molecular weight excluding hydrogens is 240 g/mol. The van der Waals surface area contributed by atoms with Crippen molar-refractivity contribution in [1.29, 1.82) is 0 Å². The molecule has 1 aromatic rings. The molecule has 0 bridgehead atoms. The van der Waals surface area contributed by atoms with Crippen molar-refractivity contribution in [1.82, 2.24) is 10.2 Å². The Morgan fingerprint density at radius 2 is 2.16 bits per heavy atom. The average molecular weight is 264 g/mol. The summed E-state index contributed by atoms with van der Waals surface area (Å²) in [6, 6.07) is 5.96. The molecule has 19 heavy (non-hydrogen) atoms. The lowest BCUT2D eigenvalue weighted by Gasteiger charge is -2.21. The zero-order valence-electron chi connectivity index (χ0n) is 12.1. The van der Waals surface area contributed by atoms with Gasteiger partial charge in [-0.2, -0.15) is 0 Å². The molecule has 1 aliphatic rings. The molecule has 106 valence electrons. The van der Waals surface area contributed by atoms with Crippen LogP contribution in [0.3, 0.4) is 0 Å². The van der Waals surface area contributed by atoms with Crippen molar-refractivity contribution in [2.45, 2.75) is 13.0 Å². The van der Waals surface area contributed by atoms with Gasteiger partial charge in [0, 0.05) is 18.7 Å². The van der Waals surface area contributed by atoms with Crippen LogP contribution in [0.15, 0.2) is 18.2 Å². The molecule has 1 saturated heterocycles. The topological polar surface area (TPSA) is 33.7 Å². The van der Waals surface area contributed by atoms with E-state index in [1.807, 2.05) is 12.1 Å². The van der Waals surface area contributed by atoms with E-state index >= 15 is 0 Å². The summed E-state index contributed by atoms with van der Waals surface area (Å²) in [5.74, 6) is 2.57. The second-order valence-electron chi connectivity index (χ2n) is 5.23. The van der Waals surface area contributed by atoms with Gasteiger partial charge in [-0.25, -0.2) is 0 Å². The molecule has 0 aliphatic carbocycles. The maximum atomic E-state index is 5.42. The molecule has 0 amide bonds. The van der Waals surface area contributed by atoms with E-state index in [1.165, 1.54) is 12.0 Å². The van der Waals surface area contributed by atoms with Crippen LogP contribution < -0.4 is 14.8 Å². The van der Waals surface area contributed by atoms with Gasteiger partial charge in [-0.3, -0.25) is 0 Å². The highest BCUT2D eigenvalue weighted by atomic mass is 16.5. The van der Waals surface area contributed by atoms with Gasteiger partial charge in [0.25, 0.3) is 0 Å². The van der Waals surface area contributed by atoms with E-state index in [0.717, 1.165) is 43.6 Å². The first-order valence-corrected chi connectivity index (χ1v) is 6.83. The first kappa shape index (κ1) is 14.2. The van der Waals surface area contributed by atoms with Crippen LogP contribution in [-0.4, -0.2) is 45.8 Å². The molecule has 1 heterocycles. The third-order valence-corrected chi connectivity index (χ3v) is 3.66. The smallest absolute Gasteiger partial charge is 0.123 e. The van der Waals surface area contributed by atoms with Crippen molar-refractivity contribution >= 4 is 0 Å². The van der Waals surface area contributed by atoms with Crippen molar-refractivity contribution in [3.8, 4) is 11.5 Å². The molecule has 1 atom stereocenters. The summed E-state index contributed by atoms with van der Waals surface area (Å²) in [4.78, 5) is 2.36. The summed E-state index contributed by atoms with van der Waals surface area (Å²) in [6.07, 6.45) is 1.28. The first-order valence-electron chi connectivity index (χ1n) is 6.83. The van der Waals surface area contributed by atoms with Gasteiger partial charge in [0.2, 0.25) is 0 Å². The molecule has 0 saturated carbocycles. The fourth-order valence-electron chi connectivity index (χ4n) is 2.67. The molecule has 2 rings (SSSR count). The molecule has 1 aliphatic heterocycles. The van der Waals surface area contributed by atoms with Gasteiger partial charge in [0.05, 0.1) is 14.2 Å². The first-order chi connectivity index (χ1) is 9.22. The summed E-state index contributed by atoms with van der Waals surface area (Å²) < 4.78 is 10.7. The van der Waals surface area contributed by atoms with E-state index in [9.17, 15) is 0 Å². The minimum Gasteiger partial charge on any atom is -0.497 e. The number of rotatable bonds is 6. The van der Waals surface area contributed by atoms with E-state index in [4.69, 9.17) is 9.47 Å². The van der Waals surface area contributed by atoms with E-state index < -0.39 is 0 Å². The number of benzene rings is 1. The van der Waals surface area contributed by atoms with Gasteiger partial charge in [-0.1, -0.05) is 0 Å². The summed E-state index contributed by atoms with van der Waals surface area (Å²) in [5.41, 5.74) is 1.18. The van der Waals surface area contributed by atoms with Crippen LogP contribution in [0.5, 0.6) is 11.5 Å². The second kappa shape index (κ2) is 6.78. The second-order valence-corrected chi connectivity index (χ2v) is 5.23. The number of nitrogens with one attached hydrogen (secondary N) is 1. The van der Waals surface area contributed by atoms with Crippen LogP contribution in [0.25, 0.3) is 0 Å². The molecule has 1 fully saturated rings. The summed E-state index contributed by atoms with van der Waals surface area (Å²) in [7, 11) is 5.57. The fraction of sp³-hybridized carbons (Fsp3) is 0.600. The molecule has 1 N–H and O–H groups in total. The number of ether oxygens (including phenoxy) is 2. The average Bonchev–Trinajstić information content (AvgIpc) is 2.91. The molecule has 0 radical (unpaired) electrons. The van der Waals surface area contributed by atoms with E-state index in [1.54, 1.807) is 14.2 Å². The summed E-state index contributed by atoms with van der Waals surface area (Å²) >= 11 is 0. The number of hydrogen-bond acceptors (Lipinski definition) is 4. The van der Waals surface area contributed by atoms with Crippen LogP contribution in [0, 0.1) is 5.92 Å². The minimum absolute atomic E-state index is 0.765. The van der Waals surface area contributed by atoms with Crippen molar-refractivity contribution in [2.24, 2.45) is 5.92 Å². The van der Waals surface area contributed by atoms with Crippen molar-refractivity contribution < 1.29 is 9.47 Å². The van der Waals surface area contributed by atoms with E-state index in [-0.39, 0.29) is 0 Å². The third kappa shape index (κ3) is 3.85. The van der Waals surface area contributed by atoms with Gasteiger partial charge in [-0.15, -0.1) is 0 Å². The predicted octanol–water partition coefficient (Wildman–Crippen LogP) is 1.75. The Labute approximate surface area is 115 Å². The maximum absolute atomic E-state index is 5.42. The highest BCUT2D eigenvalue weighted by Gasteiger charge is 2.17. The van der Waals surface area contributed by atoms with Crippen molar-refractivity contribution in [3.63, 3.8) is 0 Å². The molecule has 0 aromatic heterocycles. The quantitative estimate of drug-likeness (QED) is 0.848. The largest absolute Gasteiger partial charge is 0.497 e. The molecule has 4 heteroatoms. The summed E-state index contributed by atoms with van der Waals surface area (Å²) in [5, 5.41) is 3.41. The molecule has 1 aromatic carbocycles. The van der Waals surface area contributed by atoms with E-state index in [0.29, 0.717) is 0 Å². The lowest BCUT2D eigenvalue weighted by atomic mass is 10.1. The minimum atomic E-state index is 0.765. The fourth-order valence-corrected chi connectivity index (χ4v) is 2.67. The lowest BCUT2D eigenvalue weighted by Crippen LogP contribution is -2.26. The Hall–Kier alpha value is -1.26. The van der Waals surface area contributed by atoms with Crippen LogP contribution in [0.1, 0.15) is 12.0 Å². The van der Waals surface area contributed by atoms with Crippen LogP contribution in [-0.2, 0) is 6.54 Å². The highest BCUT2D eigenvalue weighted by Crippen LogP contribution is 2.25. The Morgan fingerprint density at radius 1 is 1.32 bits per heavy atom. The van der Waals surface area contributed by atoms with Crippen LogP contribution in [0.4, 0.5) is 0 Å². The normalized spacial score (nSPS) is 18.8. The Morgan fingerprint density at radius 3 is 2.79 bits per heavy atom. The van der Waals surface area contributed by atoms with Gasteiger partial charge in [0.1, 0.15) is 11.5 Å². The monoisotopic (exact) mass is 264 g/mol. The molecule has 0 spiro atoms. The maximum Gasteiger partial charge on any atom is 0.123 e. The van der Waals surface area contributed by atoms with Crippen LogP contribution in [0.2, 0.25) is 0 Å². The molecule has 1 unspecified atom stereocenters. The highest BCUT2D eigenvalue weighted by molar-refractivity contribution is 5.40.